The highest BCUT2D eigenvalue weighted by molar-refractivity contribution is 7.47. The third-order valence-corrected chi connectivity index (χ3v) is 10.4. The summed E-state index contributed by atoms with van der Waals surface area (Å²) in [7, 11) is -3.22. The zero-order chi connectivity index (χ0) is 41.8. The summed E-state index contributed by atoms with van der Waals surface area (Å²) < 4.78 is 32.0. The Balaban J connectivity index is 4.02. The molecule has 0 aromatic carbocycles. The Kier molecular flexibility index (Phi) is 41.2. The van der Waals surface area contributed by atoms with Gasteiger partial charge in [-0.25, -0.2) is 4.57 Å². The second-order valence-corrected chi connectivity index (χ2v) is 16.4. The van der Waals surface area contributed by atoms with Gasteiger partial charge in [0.2, 0.25) is 0 Å². The average Bonchev–Trinajstić information content (AvgIpc) is 3.20. The minimum atomic E-state index is -4.28. The van der Waals surface area contributed by atoms with E-state index in [4.69, 9.17) is 14.0 Å². The van der Waals surface area contributed by atoms with Crippen LogP contribution in [0.1, 0.15) is 194 Å². The monoisotopic (exact) mass is 819 g/mol. The molecule has 0 radical (unpaired) electrons. The molecule has 0 aliphatic rings. The van der Waals surface area contributed by atoms with Crippen molar-refractivity contribution in [2.24, 2.45) is 0 Å². The van der Waals surface area contributed by atoms with Crippen molar-refractivity contribution in [1.82, 2.24) is 0 Å². The molecule has 0 aliphatic heterocycles. The van der Waals surface area contributed by atoms with Gasteiger partial charge >= 0.3 is 19.8 Å². The van der Waals surface area contributed by atoms with Crippen LogP contribution in [0.2, 0.25) is 0 Å². The van der Waals surface area contributed by atoms with E-state index in [1.54, 1.807) is 0 Å². The van der Waals surface area contributed by atoms with Crippen molar-refractivity contribution in [1.29, 1.82) is 0 Å². The molecule has 0 aliphatic carbocycles. The summed E-state index contributed by atoms with van der Waals surface area (Å²) in [6.45, 7) is 3.74. The van der Waals surface area contributed by atoms with Gasteiger partial charge in [-0.2, -0.15) is 0 Å². The first-order valence-electron chi connectivity index (χ1n) is 22.6. The lowest BCUT2D eigenvalue weighted by atomic mass is 10.1. The number of phosphoric acid groups is 1. The van der Waals surface area contributed by atoms with Crippen LogP contribution >= 0.6 is 7.82 Å². The zero-order valence-electron chi connectivity index (χ0n) is 36.5. The Morgan fingerprint density at radius 2 is 0.895 bits per heavy atom. The number of phosphoric ester groups is 1. The lowest BCUT2D eigenvalue weighted by molar-refractivity contribution is -0.161. The Labute approximate surface area is 349 Å². The summed E-state index contributed by atoms with van der Waals surface area (Å²) in [6.07, 6.45) is 55.2. The van der Waals surface area contributed by atoms with E-state index in [0.717, 1.165) is 84.2 Å². The van der Waals surface area contributed by atoms with E-state index in [2.05, 4.69) is 91.3 Å². The molecule has 0 rings (SSSR count). The molecular weight excluding hydrogens is 735 g/mol. The quantitative estimate of drug-likeness (QED) is 0.0281. The van der Waals surface area contributed by atoms with E-state index in [1.165, 1.54) is 83.5 Å². The molecule has 0 saturated heterocycles. The van der Waals surface area contributed by atoms with Crippen molar-refractivity contribution >= 4 is 19.8 Å². The summed E-state index contributed by atoms with van der Waals surface area (Å²) in [5.74, 6) is -0.839. The van der Waals surface area contributed by atoms with E-state index in [0.29, 0.717) is 6.42 Å². The van der Waals surface area contributed by atoms with Gasteiger partial charge in [0.25, 0.3) is 0 Å². The molecule has 328 valence electrons. The highest BCUT2D eigenvalue weighted by atomic mass is 31.2. The molecule has 2 atom stereocenters. The lowest BCUT2D eigenvalue weighted by Gasteiger charge is -2.19. The minimum Gasteiger partial charge on any atom is -0.462 e. The molecule has 8 nitrogen and oxygen atoms in total. The number of unbranched alkanes of at least 4 members (excludes halogenated alkanes) is 18. The van der Waals surface area contributed by atoms with Gasteiger partial charge in [0.05, 0.1) is 6.61 Å². The molecule has 2 unspecified atom stereocenters. The Morgan fingerprint density at radius 1 is 0.509 bits per heavy atom. The number of hydrogen-bond acceptors (Lipinski definition) is 7. The maximum atomic E-state index is 12.5. The SMILES string of the molecule is CC/C=C\C/C=C\C/C=C\C/C=C\CCCCCCC(=O)OC(COC(=O)CCCCCCCCCCC/C=C\C/C=C\CCCCCCC)COP(=O)(O)OC. The maximum Gasteiger partial charge on any atom is 0.472 e. The summed E-state index contributed by atoms with van der Waals surface area (Å²) in [6, 6.07) is 0. The van der Waals surface area contributed by atoms with Gasteiger partial charge in [0.15, 0.2) is 6.10 Å². The first-order chi connectivity index (χ1) is 27.8. The third kappa shape index (κ3) is 42.9. The van der Waals surface area contributed by atoms with Crippen LogP contribution in [0.4, 0.5) is 0 Å². The standard InChI is InChI=1S/C48H83O8P/c1-4-6-8-10-12-14-16-18-20-22-23-24-25-27-28-30-32-34-36-38-40-42-47(49)54-44-46(45-55-57(51,52)53-3)56-48(50)43-41-39-37-35-33-31-29-26-21-19-17-15-13-11-9-7-5-2/h7,9,13,15-16,18-19,21-23,29,31,46H,4-6,8,10-12,14,17,20,24-28,30,32-45H2,1-3H3,(H,51,52)/b9-7-,15-13-,18-16-,21-19-,23-22-,31-29-. The van der Waals surface area contributed by atoms with Gasteiger partial charge in [-0.3, -0.25) is 18.6 Å². The number of carbonyl (C=O) groups is 2. The summed E-state index contributed by atoms with van der Waals surface area (Å²) >= 11 is 0. The molecule has 0 bridgehead atoms. The number of rotatable bonds is 41. The molecule has 0 saturated carbocycles. The van der Waals surface area contributed by atoms with Crippen LogP contribution in [0.25, 0.3) is 0 Å². The number of hydrogen-bond donors (Lipinski definition) is 1. The van der Waals surface area contributed by atoms with Crippen molar-refractivity contribution in [2.75, 3.05) is 20.3 Å². The summed E-state index contributed by atoms with van der Waals surface area (Å²) in [4.78, 5) is 34.5. The van der Waals surface area contributed by atoms with Crippen LogP contribution < -0.4 is 0 Å². The van der Waals surface area contributed by atoms with Crippen LogP contribution in [-0.4, -0.2) is 43.3 Å². The van der Waals surface area contributed by atoms with Gasteiger partial charge in [-0.05, 0) is 83.5 Å². The molecule has 0 spiro atoms. The lowest BCUT2D eigenvalue weighted by Crippen LogP contribution is -2.29. The highest BCUT2D eigenvalue weighted by Gasteiger charge is 2.24. The van der Waals surface area contributed by atoms with Gasteiger partial charge in [0.1, 0.15) is 6.61 Å². The average molecular weight is 819 g/mol. The fraction of sp³-hybridized carbons (Fsp3) is 0.708. The molecule has 1 N–H and O–H groups in total. The highest BCUT2D eigenvalue weighted by Crippen LogP contribution is 2.42. The Morgan fingerprint density at radius 3 is 1.33 bits per heavy atom. The number of carbonyl (C=O) groups excluding carboxylic acids is 2. The predicted molar refractivity (Wildman–Crippen MR) is 239 cm³/mol. The van der Waals surface area contributed by atoms with Crippen molar-refractivity contribution in [3.8, 4) is 0 Å². The van der Waals surface area contributed by atoms with E-state index in [9.17, 15) is 19.0 Å². The number of esters is 2. The van der Waals surface area contributed by atoms with Crippen molar-refractivity contribution < 1.29 is 37.6 Å². The fourth-order valence-corrected chi connectivity index (χ4v) is 6.43. The number of ether oxygens (including phenoxy) is 2. The summed E-state index contributed by atoms with van der Waals surface area (Å²) in [5.41, 5.74) is 0. The Hall–Kier alpha value is -2.51. The topological polar surface area (TPSA) is 108 Å². The smallest absolute Gasteiger partial charge is 0.462 e. The van der Waals surface area contributed by atoms with Crippen molar-refractivity contribution in [3.05, 3.63) is 72.9 Å². The van der Waals surface area contributed by atoms with Crippen molar-refractivity contribution in [3.63, 3.8) is 0 Å². The third-order valence-electron chi connectivity index (χ3n) is 9.43. The Bertz CT molecular complexity index is 1160. The van der Waals surface area contributed by atoms with Crippen LogP contribution in [-0.2, 0) is 32.7 Å². The second kappa shape index (κ2) is 43.1. The van der Waals surface area contributed by atoms with Crippen LogP contribution in [0.5, 0.6) is 0 Å². The molecular formula is C48H83O8P. The van der Waals surface area contributed by atoms with Gasteiger partial charge in [-0.1, -0.05) is 170 Å². The maximum absolute atomic E-state index is 12.5. The molecule has 0 fully saturated rings. The predicted octanol–water partition coefficient (Wildman–Crippen LogP) is 14.5. The van der Waals surface area contributed by atoms with Gasteiger partial charge in [0, 0.05) is 20.0 Å². The van der Waals surface area contributed by atoms with Crippen LogP contribution in [0.3, 0.4) is 0 Å². The van der Waals surface area contributed by atoms with Crippen LogP contribution in [0, 0.1) is 0 Å². The van der Waals surface area contributed by atoms with Crippen LogP contribution in [0.15, 0.2) is 72.9 Å². The molecule has 0 aromatic heterocycles. The molecule has 0 aromatic rings. The second-order valence-electron chi connectivity index (χ2n) is 14.8. The van der Waals surface area contributed by atoms with E-state index in [1.807, 2.05) is 0 Å². The largest absolute Gasteiger partial charge is 0.472 e. The van der Waals surface area contributed by atoms with Gasteiger partial charge in [-0.15, -0.1) is 0 Å². The van der Waals surface area contributed by atoms with E-state index < -0.39 is 26.5 Å². The first-order valence-corrected chi connectivity index (χ1v) is 24.1. The van der Waals surface area contributed by atoms with Gasteiger partial charge < -0.3 is 14.4 Å². The van der Waals surface area contributed by atoms with E-state index >= 15 is 0 Å². The number of allylic oxidation sites excluding steroid dienone is 12. The van der Waals surface area contributed by atoms with E-state index in [-0.39, 0.29) is 25.4 Å². The molecule has 0 amide bonds. The summed E-state index contributed by atoms with van der Waals surface area (Å²) in [5, 5.41) is 0. The first kappa shape index (κ1) is 54.5. The van der Waals surface area contributed by atoms with Crippen molar-refractivity contribution in [2.45, 2.75) is 200 Å². The molecule has 0 heterocycles. The zero-order valence-corrected chi connectivity index (χ0v) is 37.4. The fourth-order valence-electron chi connectivity index (χ4n) is 5.97. The molecule has 9 heteroatoms. The molecule has 57 heavy (non-hydrogen) atoms. The minimum absolute atomic E-state index is 0.213. The normalized spacial score (nSPS) is 14.0.